The second-order valence-electron chi connectivity index (χ2n) is 20.1. The summed E-state index contributed by atoms with van der Waals surface area (Å²) in [4.78, 5) is 37.0. The molecule has 13 nitrogen and oxygen atoms in total. The Hall–Kier alpha value is -5.37. The standard InChI is InChI=1S/C55H71N3O10/c1-5-29-65-55-49(58(50(61)26-22-37-15-9-10-16-37)35-39-21-24-47-48(30-39)64-36-63-47)33-45(57-68-54(2,3)4)43-31-40(19-11-13-27-59)42(20-12-14-28-60)51(52(43)55)44-32-41(23-25-46(44)67-55)66-53(62)56-34-38-17-7-6-8-18-38/h5-8,17-18,21,23-25,30-32,37,40,42,49,51-52,59-60H,1,9-16,19-20,22,26-29,33-36H2,2-4H3,(H,56,62)/t40-,42+,49-,51+,52+,55+/m0/s1. The highest BCUT2D eigenvalue weighted by atomic mass is 16.7. The zero-order valence-electron chi connectivity index (χ0n) is 40.2. The average Bonchev–Trinajstić information content (AvgIpc) is 4.05. The summed E-state index contributed by atoms with van der Waals surface area (Å²) in [6.07, 6.45) is 14.0. The summed E-state index contributed by atoms with van der Waals surface area (Å²) in [6.45, 7) is 11.0. The Labute approximate surface area is 401 Å². The number of fused-ring (bicyclic) bond motifs is 3. The molecule has 2 aliphatic heterocycles. The third-order valence-corrected chi connectivity index (χ3v) is 14.3. The van der Waals surface area contributed by atoms with Crippen molar-refractivity contribution in [3.05, 3.63) is 108 Å². The number of carbonyl (C=O) groups is 2. The summed E-state index contributed by atoms with van der Waals surface area (Å²) in [7, 11) is 0. The minimum Gasteiger partial charge on any atom is -0.459 e. The molecule has 0 saturated heterocycles. The molecule has 2 amide bonds. The normalized spacial score (nSPS) is 24.3. The molecule has 3 aromatic carbocycles. The maximum absolute atomic E-state index is 15.3. The molecule has 0 radical (unpaired) electrons. The molecule has 0 spiro atoms. The third-order valence-electron chi connectivity index (χ3n) is 14.3. The highest BCUT2D eigenvalue weighted by molar-refractivity contribution is 6.03. The minimum absolute atomic E-state index is 0.00180. The van der Waals surface area contributed by atoms with E-state index in [2.05, 4.69) is 18.0 Å². The van der Waals surface area contributed by atoms with Gasteiger partial charge in [-0.15, -0.1) is 6.58 Å². The van der Waals surface area contributed by atoms with Gasteiger partial charge in [0, 0.05) is 50.6 Å². The monoisotopic (exact) mass is 934 g/mol. The van der Waals surface area contributed by atoms with Crippen LogP contribution in [-0.4, -0.2) is 76.9 Å². The van der Waals surface area contributed by atoms with E-state index in [1.54, 1.807) is 12.1 Å². The predicted octanol–water partition coefficient (Wildman–Crippen LogP) is 10.1. The highest BCUT2D eigenvalue weighted by Crippen LogP contribution is 2.62. The van der Waals surface area contributed by atoms with Crippen LogP contribution in [0.5, 0.6) is 23.0 Å². The van der Waals surface area contributed by atoms with Gasteiger partial charge < -0.3 is 49.0 Å². The third kappa shape index (κ3) is 11.4. The molecule has 0 aromatic heterocycles. The number of amides is 2. The van der Waals surface area contributed by atoms with Gasteiger partial charge in [-0.25, -0.2) is 4.79 Å². The van der Waals surface area contributed by atoms with Crippen molar-refractivity contribution in [1.29, 1.82) is 0 Å². The van der Waals surface area contributed by atoms with Crippen molar-refractivity contribution in [2.45, 2.75) is 141 Å². The van der Waals surface area contributed by atoms with Crippen LogP contribution >= 0.6 is 0 Å². The number of carbonyl (C=O) groups excluding carboxylic acids is 2. The number of hydrogen-bond donors (Lipinski definition) is 3. The minimum atomic E-state index is -1.45. The quantitative estimate of drug-likeness (QED) is 0.0534. The first-order valence-corrected chi connectivity index (χ1v) is 24.9. The first-order chi connectivity index (χ1) is 33.0. The maximum Gasteiger partial charge on any atom is 0.412 e. The summed E-state index contributed by atoms with van der Waals surface area (Å²) in [5, 5.41) is 28.0. The number of unbranched alkanes of at least 4 members (excludes halogenated alkanes) is 2. The van der Waals surface area contributed by atoms with Crippen molar-refractivity contribution in [2.75, 3.05) is 26.6 Å². The number of aliphatic hydroxyl groups is 2. The van der Waals surface area contributed by atoms with Crippen LogP contribution in [0.25, 0.3) is 0 Å². The molecule has 68 heavy (non-hydrogen) atoms. The second kappa shape index (κ2) is 22.4. The molecule has 366 valence electrons. The molecule has 3 aromatic rings. The first-order valence-electron chi connectivity index (χ1n) is 24.9. The fraction of sp³-hybridized carbons (Fsp3) is 0.545. The summed E-state index contributed by atoms with van der Waals surface area (Å²) in [5.74, 6) is 0.502. The summed E-state index contributed by atoms with van der Waals surface area (Å²) in [6, 6.07) is 20.3. The fourth-order valence-electron chi connectivity index (χ4n) is 11.2. The van der Waals surface area contributed by atoms with E-state index in [-0.39, 0.29) is 63.2 Å². The molecular weight excluding hydrogens is 863 g/mol. The van der Waals surface area contributed by atoms with E-state index in [0.29, 0.717) is 54.7 Å². The van der Waals surface area contributed by atoms with Gasteiger partial charge in [0.1, 0.15) is 23.1 Å². The van der Waals surface area contributed by atoms with Gasteiger partial charge in [-0.3, -0.25) is 4.79 Å². The van der Waals surface area contributed by atoms with Crippen molar-refractivity contribution < 1.29 is 48.3 Å². The lowest BCUT2D eigenvalue weighted by atomic mass is 9.55. The maximum atomic E-state index is 15.3. The van der Waals surface area contributed by atoms with Gasteiger partial charge in [0.15, 0.2) is 11.5 Å². The predicted molar refractivity (Wildman–Crippen MR) is 259 cm³/mol. The summed E-state index contributed by atoms with van der Waals surface area (Å²) in [5.41, 5.74) is 3.72. The van der Waals surface area contributed by atoms with Crippen LogP contribution in [0.2, 0.25) is 0 Å². The van der Waals surface area contributed by atoms with Crippen LogP contribution in [0.15, 0.2) is 96.2 Å². The Morgan fingerprint density at radius 2 is 1.66 bits per heavy atom. The van der Waals surface area contributed by atoms with Crippen LogP contribution in [0.4, 0.5) is 4.79 Å². The van der Waals surface area contributed by atoms with E-state index >= 15 is 4.79 Å². The average molecular weight is 934 g/mol. The molecule has 6 atom stereocenters. The number of benzene rings is 3. The fourth-order valence-corrected chi connectivity index (χ4v) is 11.2. The van der Waals surface area contributed by atoms with Crippen molar-refractivity contribution in [2.24, 2.45) is 28.8 Å². The highest BCUT2D eigenvalue weighted by Gasteiger charge is 2.65. The molecule has 0 bridgehead atoms. The number of nitrogens with zero attached hydrogens (tertiary/aromatic N) is 2. The Bertz CT molecular complexity index is 2270. The van der Waals surface area contributed by atoms with Crippen molar-refractivity contribution >= 4 is 17.7 Å². The van der Waals surface area contributed by atoms with E-state index in [1.807, 2.05) is 86.3 Å². The number of nitrogens with one attached hydrogen (secondary N) is 1. The van der Waals surface area contributed by atoms with Crippen LogP contribution in [0.1, 0.15) is 127 Å². The van der Waals surface area contributed by atoms with Crippen molar-refractivity contribution in [1.82, 2.24) is 10.2 Å². The van der Waals surface area contributed by atoms with Gasteiger partial charge in [-0.1, -0.05) is 92.2 Å². The number of rotatable bonds is 21. The van der Waals surface area contributed by atoms with Gasteiger partial charge in [0.25, 0.3) is 0 Å². The molecule has 8 rings (SSSR count). The molecular formula is C55H71N3O10. The van der Waals surface area contributed by atoms with E-state index in [1.165, 1.54) is 12.8 Å². The molecule has 3 N–H and O–H groups in total. The lowest BCUT2D eigenvalue weighted by molar-refractivity contribution is -0.258. The molecule has 13 heteroatoms. The number of aliphatic hydroxyl groups excluding tert-OH is 2. The van der Waals surface area contributed by atoms with Gasteiger partial charge in [-0.2, -0.15) is 0 Å². The molecule has 2 heterocycles. The smallest absolute Gasteiger partial charge is 0.412 e. The first kappa shape index (κ1) is 49.1. The topological polar surface area (TPSA) is 158 Å². The largest absolute Gasteiger partial charge is 0.459 e. The second-order valence-corrected chi connectivity index (χ2v) is 20.1. The number of allylic oxidation sites excluding steroid dienone is 1. The van der Waals surface area contributed by atoms with Crippen LogP contribution in [0, 0.1) is 23.7 Å². The van der Waals surface area contributed by atoms with Gasteiger partial charge in [0.2, 0.25) is 18.5 Å². The van der Waals surface area contributed by atoms with Gasteiger partial charge in [-0.05, 0) is 118 Å². The SMILES string of the molecule is C=CCO[C@@]12Oc3ccc(OC(=O)NCc4ccccc4)cc3[C@H]3[C@H](CCCCO)[C@@H](CCCCO)C=C(C(=NOC(C)(C)C)C[C@@H]1N(Cc1ccc4c(c1)OCO4)C(=O)CCC1CCCC1)[C@H]32. The van der Waals surface area contributed by atoms with E-state index in [9.17, 15) is 15.0 Å². The molecule has 3 aliphatic carbocycles. The van der Waals surface area contributed by atoms with Crippen LogP contribution < -0.4 is 24.3 Å². The molecule has 2 saturated carbocycles. The van der Waals surface area contributed by atoms with Crippen molar-refractivity contribution in [3.63, 3.8) is 0 Å². The van der Waals surface area contributed by atoms with Gasteiger partial charge in [0.05, 0.1) is 18.2 Å². The zero-order valence-corrected chi connectivity index (χ0v) is 40.2. The number of hydrogen-bond acceptors (Lipinski definition) is 11. The Kier molecular flexibility index (Phi) is 16.1. The Morgan fingerprint density at radius 1 is 0.912 bits per heavy atom. The van der Waals surface area contributed by atoms with Crippen LogP contribution in [0.3, 0.4) is 0 Å². The Morgan fingerprint density at radius 3 is 2.41 bits per heavy atom. The summed E-state index contributed by atoms with van der Waals surface area (Å²) < 4.78 is 32.3. The van der Waals surface area contributed by atoms with Crippen LogP contribution in [-0.2, 0) is 27.5 Å². The zero-order chi connectivity index (χ0) is 47.7. The number of ether oxygens (including phenoxy) is 5. The lowest BCUT2D eigenvalue weighted by Crippen LogP contribution is -2.70. The van der Waals surface area contributed by atoms with E-state index in [0.717, 1.165) is 72.9 Å². The Balaban J connectivity index is 1.29. The van der Waals surface area contributed by atoms with Gasteiger partial charge >= 0.3 is 6.09 Å². The van der Waals surface area contributed by atoms with E-state index in [4.69, 9.17) is 33.7 Å². The molecule has 5 aliphatic rings. The van der Waals surface area contributed by atoms with Crippen molar-refractivity contribution in [3.8, 4) is 23.0 Å². The van der Waals surface area contributed by atoms with E-state index < -0.39 is 29.4 Å². The summed E-state index contributed by atoms with van der Waals surface area (Å²) >= 11 is 0. The lowest BCUT2D eigenvalue weighted by Gasteiger charge is -2.60. The number of oxime groups is 1. The molecule has 2 fully saturated rings. The molecule has 0 unspecified atom stereocenters.